The molecule has 0 saturated heterocycles. The first kappa shape index (κ1) is 15.2. The molecule has 3 rings (SSSR count). The molecule has 0 aliphatic rings. The van der Waals surface area contributed by atoms with Crippen molar-refractivity contribution in [1.29, 1.82) is 0 Å². The molecule has 0 unspecified atom stereocenters. The topological polar surface area (TPSA) is 47.8 Å². The molecule has 0 spiro atoms. The number of pyridine rings is 1. The molecule has 0 bridgehead atoms. The first-order chi connectivity index (χ1) is 11.0. The Kier molecular flexibility index (Phi) is 4.06. The molecule has 2 heterocycles. The lowest BCUT2D eigenvalue weighted by Gasteiger charge is -2.11. The van der Waals surface area contributed by atoms with Crippen LogP contribution in [0.25, 0.3) is 11.3 Å². The Balaban J connectivity index is 2.04. The van der Waals surface area contributed by atoms with Crippen LogP contribution in [0.4, 0.5) is 0 Å². The summed E-state index contributed by atoms with van der Waals surface area (Å²) in [6, 6.07) is 11.5. The highest BCUT2D eigenvalue weighted by Gasteiger charge is 2.08. The average molecular weight is 305 g/mol. The average Bonchev–Trinajstić information content (AvgIpc) is 2.54. The van der Waals surface area contributed by atoms with Crippen LogP contribution in [0.1, 0.15) is 22.3 Å². The van der Waals surface area contributed by atoms with Gasteiger partial charge in [0.2, 0.25) is 0 Å². The Hall–Kier alpha value is -2.75. The van der Waals surface area contributed by atoms with E-state index in [1.807, 2.05) is 12.1 Å². The van der Waals surface area contributed by atoms with Gasteiger partial charge in [0, 0.05) is 24.0 Å². The molecule has 4 nitrogen and oxygen atoms in total. The summed E-state index contributed by atoms with van der Waals surface area (Å²) in [5, 5.41) is 4.55. The van der Waals surface area contributed by atoms with E-state index in [1.54, 1.807) is 24.5 Å². The molecule has 0 amide bonds. The van der Waals surface area contributed by atoms with Crippen LogP contribution >= 0.6 is 0 Å². The Morgan fingerprint density at radius 1 is 1.00 bits per heavy atom. The lowest BCUT2D eigenvalue weighted by molar-refractivity contribution is 0.641. The van der Waals surface area contributed by atoms with Crippen LogP contribution in [0.15, 0.2) is 53.6 Å². The van der Waals surface area contributed by atoms with Crippen LogP contribution in [0, 0.1) is 20.8 Å². The van der Waals surface area contributed by atoms with E-state index in [0.29, 0.717) is 6.54 Å². The number of nitrogens with zero attached hydrogens (tertiary/aromatic N) is 3. The second-order valence-electron chi connectivity index (χ2n) is 5.83. The lowest BCUT2D eigenvalue weighted by Crippen LogP contribution is -2.23. The van der Waals surface area contributed by atoms with Crippen molar-refractivity contribution >= 4 is 0 Å². The molecule has 0 radical (unpaired) electrons. The fourth-order valence-electron chi connectivity index (χ4n) is 2.61. The zero-order valence-corrected chi connectivity index (χ0v) is 13.6. The van der Waals surface area contributed by atoms with Crippen molar-refractivity contribution < 1.29 is 0 Å². The van der Waals surface area contributed by atoms with Crippen molar-refractivity contribution in [3.05, 3.63) is 81.4 Å². The van der Waals surface area contributed by atoms with E-state index in [9.17, 15) is 4.79 Å². The maximum absolute atomic E-state index is 12.1. The van der Waals surface area contributed by atoms with Gasteiger partial charge in [0.1, 0.15) is 0 Å². The van der Waals surface area contributed by atoms with Crippen LogP contribution in [0.5, 0.6) is 0 Å². The Morgan fingerprint density at radius 2 is 1.78 bits per heavy atom. The maximum atomic E-state index is 12.1. The monoisotopic (exact) mass is 305 g/mol. The summed E-state index contributed by atoms with van der Waals surface area (Å²) in [5.74, 6) is 0. The van der Waals surface area contributed by atoms with E-state index < -0.39 is 0 Å². The molecular formula is C19H19N3O. The Bertz CT molecular complexity index is 898. The van der Waals surface area contributed by atoms with Gasteiger partial charge in [-0.25, -0.2) is 4.68 Å². The molecule has 116 valence electrons. The maximum Gasteiger partial charge on any atom is 0.267 e. The summed E-state index contributed by atoms with van der Waals surface area (Å²) < 4.78 is 1.49. The predicted molar refractivity (Wildman–Crippen MR) is 91.5 cm³/mol. The van der Waals surface area contributed by atoms with Crippen LogP contribution in [-0.2, 0) is 6.54 Å². The van der Waals surface area contributed by atoms with Gasteiger partial charge in [0.25, 0.3) is 5.56 Å². The highest BCUT2D eigenvalue weighted by atomic mass is 16.1. The van der Waals surface area contributed by atoms with Crippen LogP contribution in [0.3, 0.4) is 0 Å². The molecule has 0 N–H and O–H groups in total. The molecule has 0 aliphatic heterocycles. The molecule has 1 aromatic carbocycles. The molecule has 0 aliphatic carbocycles. The molecule has 0 saturated carbocycles. The second-order valence-corrected chi connectivity index (χ2v) is 5.83. The van der Waals surface area contributed by atoms with Gasteiger partial charge in [-0.1, -0.05) is 12.1 Å². The molecule has 23 heavy (non-hydrogen) atoms. The molecule has 2 aromatic heterocycles. The SMILES string of the molecule is Cc1cc(C)c(-c2ccc(=O)n(Cc3cccnc3)n2)cc1C. The summed E-state index contributed by atoms with van der Waals surface area (Å²) in [6.07, 6.45) is 3.47. The summed E-state index contributed by atoms with van der Waals surface area (Å²) in [6.45, 7) is 6.68. The summed E-state index contributed by atoms with van der Waals surface area (Å²) in [5.41, 5.74) is 6.36. The van der Waals surface area contributed by atoms with Crippen LogP contribution in [-0.4, -0.2) is 14.8 Å². The fraction of sp³-hybridized carbons (Fsp3) is 0.211. The van der Waals surface area contributed by atoms with Crippen molar-refractivity contribution in [2.75, 3.05) is 0 Å². The summed E-state index contributed by atoms with van der Waals surface area (Å²) in [4.78, 5) is 16.2. The smallest absolute Gasteiger partial charge is 0.267 e. The highest BCUT2D eigenvalue weighted by molar-refractivity contribution is 5.64. The van der Waals surface area contributed by atoms with E-state index in [2.05, 4.69) is 43.0 Å². The minimum atomic E-state index is -0.112. The van der Waals surface area contributed by atoms with Gasteiger partial charge in [-0.3, -0.25) is 9.78 Å². The summed E-state index contributed by atoms with van der Waals surface area (Å²) in [7, 11) is 0. The number of hydrogen-bond acceptors (Lipinski definition) is 3. The normalized spacial score (nSPS) is 10.7. The first-order valence-electron chi connectivity index (χ1n) is 7.60. The molecule has 3 aromatic rings. The third-order valence-corrected chi connectivity index (χ3v) is 4.04. The molecule has 0 atom stereocenters. The predicted octanol–water partition coefficient (Wildman–Crippen LogP) is 3.28. The van der Waals surface area contributed by atoms with Crippen molar-refractivity contribution in [3.8, 4) is 11.3 Å². The van der Waals surface area contributed by atoms with Crippen molar-refractivity contribution in [2.45, 2.75) is 27.3 Å². The zero-order valence-electron chi connectivity index (χ0n) is 13.6. The number of rotatable bonds is 3. The van der Waals surface area contributed by atoms with E-state index in [1.165, 1.54) is 15.8 Å². The number of benzene rings is 1. The molecule has 4 heteroatoms. The van der Waals surface area contributed by atoms with Gasteiger partial charge in [0.15, 0.2) is 0 Å². The number of aromatic nitrogens is 3. The quantitative estimate of drug-likeness (QED) is 0.746. The van der Waals surface area contributed by atoms with Crippen molar-refractivity contribution in [2.24, 2.45) is 0 Å². The third-order valence-electron chi connectivity index (χ3n) is 4.04. The Labute approximate surface area is 135 Å². The number of aryl methyl sites for hydroxylation is 3. The van der Waals surface area contributed by atoms with Gasteiger partial charge in [-0.05, 0) is 61.2 Å². The number of hydrogen-bond donors (Lipinski definition) is 0. The molecular weight excluding hydrogens is 286 g/mol. The first-order valence-corrected chi connectivity index (χ1v) is 7.60. The lowest BCUT2D eigenvalue weighted by atomic mass is 9.99. The van der Waals surface area contributed by atoms with E-state index in [4.69, 9.17) is 0 Å². The largest absolute Gasteiger partial charge is 0.268 e. The van der Waals surface area contributed by atoms with Gasteiger partial charge in [-0.15, -0.1) is 0 Å². The Morgan fingerprint density at radius 3 is 2.52 bits per heavy atom. The zero-order chi connectivity index (χ0) is 16.4. The minimum Gasteiger partial charge on any atom is -0.268 e. The van der Waals surface area contributed by atoms with Gasteiger partial charge >= 0.3 is 0 Å². The van der Waals surface area contributed by atoms with Crippen LogP contribution in [0.2, 0.25) is 0 Å². The summed E-state index contributed by atoms with van der Waals surface area (Å²) >= 11 is 0. The minimum absolute atomic E-state index is 0.112. The van der Waals surface area contributed by atoms with E-state index >= 15 is 0 Å². The highest BCUT2D eigenvalue weighted by Crippen LogP contribution is 2.24. The van der Waals surface area contributed by atoms with E-state index in [-0.39, 0.29) is 5.56 Å². The van der Waals surface area contributed by atoms with Crippen LogP contribution < -0.4 is 5.56 Å². The van der Waals surface area contributed by atoms with Gasteiger partial charge in [0.05, 0.1) is 12.2 Å². The standard InChI is InChI=1S/C19H19N3O/c1-13-9-15(3)17(10-14(13)2)18-6-7-19(23)22(21-18)12-16-5-4-8-20-11-16/h4-11H,12H2,1-3H3. The second kappa shape index (κ2) is 6.16. The van der Waals surface area contributed by atoms with Gasteiger partial charge < -0.3 is 0 Å². The van der Waals surface area contributed by atoms with Gasteiger partial charge in [-0.2, -0.15) is 5.10 Å². The van der Waals surface area contributed by atoms with Crippen molar-refractivity contribution in [1.82, 2.24) is 14.8 Å². The third kappa shape index (κ3) is 3.21. The van der Waals surface area contributed by atoms with E-state index in [0.717, 1.165) is 22.4 Å². The fourth-order valence-corrected chi connectivity index (χ4v) is 2.61. The van der Waals surface area contributed by atoms with Crippen molar-refractivity contribution in [3.63, 3.8) is 0 Å². The molecule has 0 fully saturated rings.